The molecule has 11 heteroatoms. The lowest BCUT2D eigenvalue weighted by Gasteiger charge is -2.02. The quantitative estimate of drug-likeness (QED) is 0.815. The number of aryl methyl sites for hydroxylation is 1. The number of carbonyl (C=O) groups excluding carboxylic acids is 1. The van der Waals surface area contributed by atoms with E-state index in [4.69, 9.17) is 4.42 Å². The summed E-state index contributed by atoms with van der Waals surface area (Å²) in [6, 6.07) is 2.56. The molecule has 23 heavy (non-hydrogen) atoms. The zero-order valence-electron chi connectivity index (χ0n) is 12.1. The largest absolute Gasteiger partial charge is 0.442 e. The van der Waals surface area contributed by atoms with E-state index < -0.39 is 28.1 Å². The van der Waals surface area contributed by atoms with Gasteiger partial charge in [0.25, 0.3) is 16.4 Å². The van der Waals surface area contributed by atoms with E-state index in [0.29, 0.717) is 15.7 Å². The maximum atomic E-state index is 12.1. The lowest BCUT2D eigenvalue weighted by molar-refractivity contribution is -0.114. The van der Waals surface area contributed by atoms with Gasteiger partial charge < -0.3 is 9.73 Å². The summed E-state index contributed by atoms with van der Waals surface area (Å²) in [6.45, 7) is 2.01. The minimum Gasteiger partial charge on any atom is -0.442 e. The maximum absolute atomic E-state index is 12.1. The predicted molar refractivity (Wildman–Crippen MR) is 84.3 cm³/mol. The topological polar surface area (TPSA) is 101 Å². The molecule has 1 amide bonds. The number of anilines is 1. The summed E-state index contributed by atoms with van der Waals surface area (Å²) in [5.74, 6) is -0.0711. The van der Waals surface area contributed by atoms with Gasteiger partial charge in [-0.25, -0.2) is 26.9 Å². The molecule has 2 rings (SSSR count). The molecule has 0 aliphatic rings. The molecule has 0 unspecified atom stereocenters. The van der Waals surface area contributed by atoms with Crippen molar-refractivity contribution in [1.29, 1.82) is 0 Å². The molecule has 0 fully saturated rings. The van der Waals surface area contributed by atoms with Gasteiger partial charge in [-0.2, -0.15) is 0 Å². The van der Waals surface area contributed by atoms with Crippen molar-refractivity contribution in [2.45, 2.75) is 25.4 Å². The Balaban J connectivity index is 0.00000288. The number of nitrogens with one attached hydrogen (secondary N) is 2. The standard InChI is InChI=1S/C12H13F2N3O4S2.2H2/c1-6-11(22-12(16-6)17-7(2)18)8-3-4-10(21-8)23(19,20)15-5-9(13)14;;/h3-4,9,15H,5H2,1-2H3,(H,16,17,18);2*1H. The lowest BCUT2D eigenvalue weighted by Crippen LogP contribution is -2.28. The highest BCUT2D eigenvalue weighted by molar-refractivity contribution is 7.89. The van der Waals surface area contributed by atoms with Gasteiger partial charge in [-0.05, 0) is 19.1 Å². The van der Waals surface area contributed by atoms with E-state index in [1.807, 2.05) is 0 Å². The first-order chi connectivity index (χ1) is 10.7. The van der Waals surface area contributed by atoms with Gasteiger partial charge in [-0.1, -0.05) is 11.3 Å². The lowest BCUT2D eigenvalue weighted by atomic mass is 10.3. The molecule has 0 atom stereocenters. The number of hydrogen-bond acceptors (Lipinski definition) is 6. The van der Waals surface area contributed by atoms with Crippen LogP contribution in [0.4, 0.5) is 13.9 Å². The molecule has 0 radical (unpaired) electrons. The Hall–Kier alpha value is -1.85. The van der Waals surface area contributed by atoms with Crippen LogP contribution in [0.2, 0.25) is 0 Å². The molecule has 2 aromatic rings. The Morgan fingerprint density at radius 2 is 2.17 bits per heavy atom. The average molecular weight is 369 g/mol. The molecule has 0 saturated carbocycles. The molecule has 130 valence electrons. The summed E-state index contributed by atoms with van der Waals surface area (Å²) < 4.78 is 54.8. The van der Waals surface area contributed by atoms with Crippen LogP contribution in [0, 0.1) is 6.92 Å². The Morgan fingerprint density at radius 1 is 1.48 bits per heavy atom. The van der Waals surface area contributed by atoms with Crippen LogP contribution >= 0.6 is 11.3 Å². The number of alkyl halides is 2. The average Bonchev–Trinajstić information content (AvgIpc) is 3.03. The van der Waals surface area contributed by atoms with Crippen LogP contribution in [0.25, 0.3) is 10.6 Å². The highest BCUT2D eigenvalue weighted by atomic mass is 32.2. The van der Waals surface area contributed by atoms with Gasteiger partial charge in [0.05, 0.1) is 17.1 Å². The number of sulfonamides is 1. The zero-order valence-corrected chi connectivity index (χ0v) is 13.7. The highest BCUT2D eigenvalue weighted by Crippen LogP contribution is 2.34. The fourth-order valence-corrected chi connectivity index (χ4v) is 3.57. The smallest absolute Gasteiger partial charge is 0.274 e. The molecule has 2 heterocycles. The van der Waals surface area contributed by atoms with Crippen LogP contribution in [-0.4, -0.2) is 32.3 Å². The van der Waals surface area contributed by atoms with Crippen LogP contribution in [0.3, 0.4) is 0 Å². The van der Waals surface area contributed by atoms with Crippen molar-refractivity contribution >= 4 is 32.4 Å². The van der Waals surface area contributed by atoms with Crippen LogP contribution in [0.5, 0.6) is 0 Å². The van der Waals surface area contributed by atoms with Crippen LogP contribution in [0.15, 0.2) is 21.6 Å². The van der Waals surface area contributed by atoms with Gasteiger partial charge in [0, 0.05) is 9.78 Å². The van der Waals surface area contributed by atoms with E-state index in [1.54, 1.807) is 11.6 Å². The second-order valence-electron chi connectivity index (χ2n) is 4.48. The van der Waals surface area contributed by atoms with Gasteiger partial charge in [-0.15, -0.1) is 0 Å². The number of furan rings is 1. The van der Waals surface area contributed by atoms with Crippen molar-refractivity contribution in [3.05, 3.63) is 17.8 Å². The summed E-state index contributed by atoms with van der Waals surface area (Å²) in [4.78, 5) is 15.7. The number of rotatable bonds is 6. The van der Waals surface area contributed by atoms with Crippen molar-refractivity contribution in [3.8, 4) is 10.6 Å². The molecule has 0 spiro atoms. The molecule has 0 aliphatic heterocycles. The van der Waals surface area contributed by atoms with E-state index in [2.05, 4.69) is 10.3 Å². The van der Waals surface area contributed by atoms with Gasteiger partial charge in [0.2, 0.25) is 11.0 Å². The molecule has 0 aliphatic carbocycles. The van der Waals surface area contributed by atoms with Crippen LogP contribution in [0.1, 0.15) is 15.5 Å². The fraction of sp³-hybridized carbons (Fsp3) is 0.333. The second-order valence-corrected chi connectivity index (χ2v) is 7.17. The van der Waals surface area contributed by atoms with Crippen molar-refractivity contribution in [2.75, 3.05) is 11.9 Å². The second kappa shape index (κ2) is 6.72. The number of aromatic nitrogens is 1. The third-order valence-electron chi connectivity index (χ3n) is 2.58. The summed E-state index contributed by atoms with van der Waals surface area (Å²) in [6.07, 6.45) is -2.80. The van der Waals surface area contributed by atoms with Crippen molar-refractivity contribution < 1.29 is 29.3 Å². The Morgan fingerprint density at radius 3 is 2.78 bits per heavy atom. The third-order valence-corrected chi connectivity index (χ3v) is 4.96. The SMILES string of the molecule is CC(=O)Nc1nc(C)c(-c2ccc(S(=O)(=O)NCC(F)F)o2)s1.[HH].[HH]. The number of thiazole rings is 1. The molecular weight excluding hydrogens is 352 g/mol. The molecule has 0 aromatic carbocycles. The number of carbonyl (C=O) groups is 1. The van der Waals surface area contributed by atoms with Gasteiger partial charge in [0.15, 0.2) is 5.13 Å². The highest BCUT2D eigenvalue weighted by Gasteiger charge is 2.22. The summed E-state index contributed by atoms with van der Waals surface area (Å²) >= 11 is 1.11. The molecule has 2 aromatic heterocycles. The summed E-state index contributed by atoms with van der Waals surface area (Å²) in [5, 5.41) is 2.40. The van der Waals surface area contributed by atoms with Crippen LogP contribution < -0.4 is 10.0 Å². The number of halogens is 2. The van der Waals surface area contributed by atoms with E-state index in [1.165, 1.54) is 19.1 Å². The van der Waals surface area contributed by atoms with Gasteiger partial charge in [-0.3, -0.25) is 4.79 Å². The van der Waals surface area contributed by atoms with Crippen molar-refractivity contribution in [3.63, 3.8) is 0 Å². The molecule has 7 nitrogen and oxygen atoms in total. The first kappa shape index (κ1) is 17.5. The molecule has 0 saturated heterocycles. The number of hydrogen-bond donors (Lipinski definition) is 2. The normalized spacial score (nSPS) is 11.9. The first-order valence-electron chi connectivity index (χ1n) is 6.32. The monoisotopic (exact) mass is 369 g/mol. The minimum absolute atomic E-state index is 0. The summed E-state index contributed by atoms with van der Waals surface area (Å²) in [7, 11) is -4.15. The number of nitrogens with zero attached hydrogens (tertiary/aromatic N) is 1. The van der Waals surface area contributed by atoms with E-state index in [-0.39, 0.29) is 14.5 Å². The first-order valence-corrected chi connectivity index (χ1v) is 8.62. The third kappa shape index (κ3) is 4.33. The number of amides is 1. The molecular formula is C12H17F2N3O4S2. The van der Waals surface area contributed by atoms with E-state index in [9.17, 15) is 22.0 Å². The van der Waals surface area contributed by atoms with Crippen molar-refractivity contribution in [2.24, 2.45) is 0 Å². The summed E-state index contributed by atoms with van der Waals surface area (Å²) in [5.41, 5.74) is 0.539. The molecule has 2 N–H and O–H groups in total. The van der Waals surface area contributed by atoms with Gasteiger partial charge in [0.1, 0.15) is 5.76 Å². The Labute approximate surface area is 137 Å². The Bertz CT molecular complexity index is 824. The minimum atomic E-state index is -4.15. The Kier molecular flexibility index (Phi) is 5.12. The maximum Gasteiger partial charge on any atom is 0.274 e. The van der Waals surface area contributed by atoms with E-state index >= 15 is 0 Å². The predicted octanol–water partition coefficient (Wildman–Crippen LogP) is 2.71. The molecule has 0 bridgehead atoms. The van der Waals surface area contributed by atoms with Gasteiger partial charge >= 0.3 is 0 Å². The van der Waals surface area contributed by atoms with E-state index in [0.717, 1.165) is 11.3 Å². The fourth-order valence-electron chi connectivity index (χ4n) is 1.66. The van der Waals surface area contributed by atoms with Crippen molar-refractivity contribution in [1.82, 2.24) is 9.71 Å². The zero-order chi connectivity index (χ0) is 17.2. The van der Waals surface area contributed by atoms with Crippen LogP contribution in [-0.2, 0) is 14.8 Å².